The molecule has 1 heterocycles. The molecule has 0 saturated carbocycles. The molecule has 4 aromatic carbocycles. The molecule has 1 aliphatic heterocycles. The summed E-state index contributed by atoms with van der Waals surface area (Å²) < 4.78 is 29.3. The van der Waals surface area contributed by atoms with Gasteiger partial charge in [-0.25, -0.2) is 18.4 Å². The predicted molar refractivity (Wildman–Crippen MR) is 162 cm³/mol. The lowest BCUT2D eigenvalue weighted by Gasteiger charge is -2.19. The van der Waals surface area contributed by atoms with Crippen molar-refractivity contribution in [3.8, 4) is 0 Å². The molecule has 45 heavy (non-hydrogen) atoms. The van der Waals surface area contributed by atoms with E-state index in [9.17, 15) is 38.2 Å². The van der Waals surface area contributed by atoms with Crippen LogP contribution < -0.4 is 4.72 Å². The normalized spacial score (nSPS) is 14.9. The van der Waals surface area contributed by atoms with E-state index in [4.69, 9.17) is 11.6 Å². The Bertz CT molecular complexity index is 1890. The summed E-state index contributed by atoms with van der Waals surface area (Å²) >= 11 is 6.42. The zero-order chi connectivity index (χ0) is 32.5. The van der Waals surface area contributed by atoms with Crippen LogP contribution in [0.2, 0.25) is 5.02 Å². The van der Waals surface area contributed by atoms with Crippen molar-refractivity contribution in [2.45, 2.75) is 30.4 Å². The molecule has 2 atom stereocenters. The fourth-order valence-corrected chi connectivity index (χ4v) is 6.20. The van der Waals surface area contributed by atoms with E-state index in [1.165, 1.54) is 18.2 Å². The number of hydrogen-bond donors (Lipinski definition) is 1. The summed E-state index contributed by atoms with van der Waals surface area (Å²) in [4.78, 5) is 49.1. The largest absolute Gasteiger partial charge is 0.277 e. The molecule has 13 nitrogen and oxygen atoms in total. The lowest BCUT2D eigenvalue weighted by Crippen LogP contribution is -2.46. The van der Waals surface area contributed by atoms with E-state index in [-0.39, 0.29) is 16.3 Å². The highest BCUT2D eigenvalue weighted by Crippen LogP contribution is 2.46. The second kappa shape index (κ2) is 12.4. The van der Waals surface area contributed by atoms with Crippen molar-refractivity contribution < 1.29 is 27.9 Å². The first-order chi connectivity index (χ1) is 21.4. The Balaban J connectivity index is 1.56. The number of aryl methyl sites for hydroxylation is 1. The molecular weight excluding hydrogens is 626 g/mol. The smallest absolute Gasteiger partial charge is 0.271 e. The van der Waals surface area contributed by atoms with Gasteiger partial charge in [0.2, 0.25) is 10.0 Å². The van der Waals surface area contributed by atoms with E-state index in [1.807, 2.05) is 0 Å². The molecule has 0 unspecified atom stereocenters. The van der Waals surface area contributed by atoms with Gasteiger partial charge in [-0.1, -0.05) is 77.8 Å². The number of non-ortho nitro benzene ring substituents is 2. The molecule has 230 valence electrons. The van der Waals surface area contributed by atoms with Gasteiger partial charge in [-0.05, 0) is 37.1 Å². The number of carbonyl (C=O) groups is 2. The van der Waals surface area contributed by atoms with Crippen LogP contribution in [0.15, 0.2) is 102 Å². The Kier molecular flexibility index (Phi) is 8.64. The van der Waals surface area contributed by atoms with Crippen LogP contribution in [0.5, 0.6) is 0 Å². The van der Waals surface area contributed by atoms with Gasteiger partial charge in [-0.3, -0.25) is 29.8 Å². The van der Waals surface area contributed by atoms with E-state index in [0.717, 1.165) is 27.7 Å². The fraction of sp³-hybridized carbons (Fsp3) is 0.133. The van der Waals surface area contributed by atoms with Crippen molar-refractivity contribution in [2.75, 3.05) is 0 Å². The number of amides is 2. The summed E-state index contributed by atoms with van der Waals surface area (Å²) in [5, 5.41) is 25.1. The number of nitrogens with one attached hydrogen (secondary N) is 1. The van der Waals surface area contributed by atoms with Gasteiger partial charge in [0.15, 0.2) is 6.17 Å². The van der Waals surface area contributed by atoms with Crippen LogP contribution in [0.1, 0.15) is 33.2 Å². The first-order valence-corrected chi connectivity index (χ1v) is 15.2. The second-order valence-corrected chi connectivity index (χ2v) is 12.3. The number of nitro groups is 2. The van der Waals surface area contributed by atoms with E-state index in [1.54, 1.807) is 67.6 Å². The lowest BCUT2D eigenvalue weighted by molar-refractivity contribution is -0.394. The highest BCUT2D eigenvalue weighted by atomic mass is 35.5. The maximum Gasteiger partial charge on any atom is 0.277 e. The summed E-state index contributed by atoms with van der Waals surface area (Å²) in [5.74, 6) is -1.80. The van der Waals surface area contributed by atoms with Crippen molar-refractivity contribution in [3.63, 3.8) is 0 Å². The van der Waals surface area contributed by atoms with E-state index in [2.05, 4.69) is 4.72 Å². The van der Waals surface area contributed by atoms with Gasteiger partial charge >= 0.3 is 0 Å². The van der Waals surface area contributed by atoms with Gasteiger partial charge in [0.25, 0.3) is 23.2 Å². The maximum atomic E-state index is 14.2. The van der Waals surface area contributed by atoms with Gasteiger partial charge in [0.05, 0.1) is 26.4 Å². The molecule has 0 bridgehead atoms. The SMILES string of the molecule is Cc1ccc(S(=O)(=O)N[C@H](Cc2ccccc2)C(=O)N2[C@@H](c3ccccc3Cl)N2C(=O)c2cc([N+](=O)[O-])cc([N+](=O)[O-])c2)cc1. The number of rotatable bonds is 10. The topological polar surface area (TPSA) is 173 Å². The van der Waals surface area contributed by atoms with Crippen LogP contribution in [0, 0.1) is 27.2 Å². The van der Waals surface area contributed by atoms with Crippen molar-refractivity contribution in [2.24, 2.45) is 0 Å². The number of nitro benzene ring substituents is 2. The average Bonchev–Trinajstić information content (AvgIpc) is 3.75. The molecule has 0 radical (unpaired) electrons. The standard InChI is InChI=1S/C30H24ClN5O8S/c1-19-11-13-24(14-12-19)45(43,44)32-27(15-20-7-3-2-4-8-20)30(38)34-28(25-9-5-6-10-26(25)31)33(34)29(37)21-16-22(35(39)40)18-23(17-21)36(41)42/h2-14,16-18,27-28,32H,15H2,1H3/t27-,28+,33?,34?/m1/s1. The third-order valence-corrected chi connectivity index (χ3v) is 8.87. The van der Waals surface area contributed by atoms with Crippen LogP contribution in [0.4, 0.5) is 11.4 Å². The third kappa shape index (κ3) is 6.67. The van der Waals surface area contributed by atoms with Crippen LogP contribution in [0.25, 0.3) is 0 Å². The minimum Gasteiger partial charge on any atom is -0.271 e. The summed E-state index contributed by atoms with van der Waals surface area (Å²) in [6.07, 6.45) is -1.24. The zero-order valence-corrected chi connectivity index (χ0v) is 25.0. The third-order valence-electron chi connectivity index (χ3n) is 7.04. The van der Waals surface area contributed by atoms with Gasteiger partial charge in [-0.2, -0.15) is 4.72 Å². The van der Waals surface area contributed by atoms with Crippen LogP contribution in [-0.4, -0.2) is 46.1 Å². The number of hydrogen-bond acceptors (Lipinski definition) is 8. The molecule has 5 rings (SSSR count). The summed E-state index contributed by atoms with van der Waals surface area (Å²) in [5.41, 5.74) is -0.0774. The molecule has 2 amide bonds. The Morgan fingerprint density at radius 3 is 2.02 bits per heavy atom. The summed E-state index contributed by atoms with van der Waals surface area (Å²) in [6, 6.07) is 22.0. The molecule has 1 aliphatic rings. The first-order valence-electron chi connectivity index (χ1n) is 13.3. The molecule has 4 aromatic rings. The first kappa shape index (κ1) is 31.3. The predicted octanol–water partition coefficient (Wildman–Crippen LogP) is 4.95. The van der Waals surface area contributed by atoms with Crippen molar-refractivity contribution in [3.05, 3.63) is 145 Å². The molecule has 1 saturated heterocycles. The second-order valence-electron chi connectivity index (χ2n) is 10.2. The molecule has 0 spiro atoms. The van der Waals surface area contributed by atoms with Gasteiger partial charge < -0.3 is 0 Å². The number of halogens is 1. The lowest BCUT2D eigenvalue weighted by atomic mass is 10.1. The molecule has 15 heteroatoms. The quantitative estimate of drug-likeness (QED) is 0.143. The number of hydrazine groups is 1. The molecule has 0 aromatic heterocycles. The number of nitrogens with zero attached hydrogens (tertiary/aromatic N) is 4. The minimum absolute atomic E-state index is 0.0794. The minimum atomic E-state index is -4.23. The number of sulfonamides is 1. The zero-order valence-electron chi connectivity index (χ0n) is 23.4. The Hall–Kier alpha value is -5.18. The fourth-order valence-electron chi connectivity index (χ4n) is 4.78. The Labute approximate surface area is 262 Å². The van der Waals surface area contributed by atoms with Crippen molar-refractivity contribution in [1.82, 2.24) is 14.7 Å². The Morgan fingerprint density at radius 1 is 0.867 bits per heavy atom. The van der Waals surface area contributed by atoms with Crippen LogP contribution in [-0.2, 0) is 21.2 Å². The van der Waals surface area contributed by atoms with Crippen molar-refractivity contribution in [1.29, 1.82) is 0 Å². The monoisotopic (exact) mass is 649 g/mol. The van der Waals surface area contributed by atoms with Gasteiger partial charge in [0, 0.05) is 22.7 Å². The maximum absolute atomic E-state index is 14.2. The Morgan fingerprint density at radius 2 is 1.44 bits per heavy atom. The summed E-state index contributed by atoms with van der Waals surface area (Å²) in [7, 11) is -4.23. The summed E-state index contributed by atoms with van der Waals surface area (Å²) in [6.45, 7) is 1.79. The van der Waals surface area contributed by atoms with Gasteiger partial charge in [0.1, 0.15) is 6.04 Å². The molecule has 0 aliphatic carbocycles. The number of benzene rings is 4. The number of carbonyl (C=O) groups excluding carboxylic acids is 2. The van der Waals surface area contributed by atoms with Gasteiger partial charge in [-0.15, -0.1) is 0 Å². The van der Waals surface area contributed by atoms with E-state index < -0.39 is 60.8 Å². The highest BCUT2D eigenvalue weighted by molar-refractivity contribution is 7.89. The average molecular weight is 650 g/mol. The molecular formula is C30H24ClN5O8S. The van der Waals surface area contributed by atoms with E-state index in [0.29, 0.717) is 17.2 Å². The van der Waals surface area contributed by atoms with Crippen molar-refractivity contribution >= 4 is 44.8 Å². The van der Waals surface area contributed by atoms with Crippen LogP contribution in [0.3, 0.4) is 0 Å². The van der Waals surface area contributed by atoms with Crippen LogP contribution >= 0.6 is 11.6 Å². The molecule has 1 N–H and O–H groups in total. The highest BCUT2D eigenvalue weighted by Gasteiger charge is 2.56. The molecule has 1 fully saturated rings. The van der Waals surface area contributed by atoms with E-state index >= 15 is 0 Å².